The lowest BCUT2D eigenvalue weighted by atomic mass is 9.76. The number of aliphatic hydroxyl groups is 1. The van der Waals surface area contributed by atoms with Crippen molar-refractivity contribution in [3.05, 3.63) is 67.8 Å². The molecule has 0 aromatic heterocycles. The zero-order chi connectivity index (χ0) is 24.2. The maximum absolute atomic E-state index is 12.9. The van der Waals surface area contributed by atoms with Gasteiger partial charge in [-0.3, -0.25) is 4.79 Å². The highest BCUT2D eigenvalue weighted by Gasteiger charge is 2.45. The number of hydrogen-bond donors (Lipinski definition) is 1. The van der Waals surface area contributed by atoms with Gasteiger partial charge in [-0.15, -0.1) is 0 Å². The Kier molecular flexibility index (Phi) is 4.83. The van der Waals surface area contributed by atoms with Crippen molar-refractivity contribution in [2.75, 3.05) is 0 Å². The average molecular weight is 457 g/mol. The summed E-state index contributed by atoms with van der Waals surface area (Å²) >= 11 is 0. The molecule has 0 spiro atoms. The van der Waals surface area contributed by atoms with Crippen LogP contribution in [-0.2, 0) is 49.4 Å². The predicted octanol–water partition coefficient (Wildman–Crippen LogP) is 6.52. The van der Waals surface area contributed by atoms with Crippen molar-refractivity contribution in [2.24, 2.45) is 11.8 Å². The summed E-state index contributed by atoms with van der Waals surface area (Å²) in [5, 5.41) is 11.8. The summed E-state index contributed by atoms with van der Waals surface area (Å²) in [6.07, 6.45) is 7.83. The monoisotopic (exact) mass is 456 g/mol. The molecule has 2 aromatic carbocycles. The molecule has 0 fully saturated rings. The normalized spacial score (nSPS) is 25.5. The zero-order valence-corrected chi connectivity index (χ0v) is 21.9. The number of rotatable bonds is 1. The molecular weight excluding hydrogens is 416 g/mol. The summed E-state index contributed by atoms with van der Waals surface area (Å²) in [7, 11) is 0. The van der Waals surface area contributed by atoms with Crippen molar-refractivity contribution in [3.63, 3.8) is 0 Å². The van der Waals surface area contributed by atoms with E-state index in [4.69, 9.17) is 0 Å². The highest BCUT2D eigenvalue weighted by Crippen LogP contribution is 2.52. The van der Waals surface area contributed by atoms with Crippen molar-refractivity contribution < 1.29 is 9.90 Å². The topological polar surface area (TPSA) is 37.3 Å². The number of hydrogen-bond acceptors (Lipinski definition) is 2. The van der Waals surface area contributed by atoms with Crippen LogP contribution in [0.1, 0.15) is 121 Å². The quantitative estimate of drug-likeness (QED) is 0.530. The van der Waals surface area contributed by atoms with Gasteiger partial charge in [0.25, 0.3) is 0 Å². The summed E-state index contributed by atoms with van der Waals surface area (Å²) < 4.78 is 0. The molecule has 3 unspecified atom stereocenters. The number of Topliss-reactive ketones (excluding diaryl/α,β-unsaturated/α-hetero) is 1. The van der Waals surface area contributed by atoms with Gasteiger partial charge in [0.15, 0.2) is 5.78 Å². The van der Waals surface area contributed by atoms with Gasteiger partial charge in [0.05, 0.1) is 6.10 Å². The second-order valence-electron chi connectivity index (χ2n) is 13.6. The molecule has 6 rings (SSSR count). The minimum atomic E-state index is -0.374. The van der Waals surface area contributed by atoms with Crippen LogP contribution >= 0.6 is 0 Å². The molecule has 2 heteroatoms. The minimum absolute atomic E-state index is 0.0399. The number of carbonyl (C=O) groups excluding carboxylic acids is 1. The Bertz CT molecular complexity index is 1220. The van der Waals surface area contributed by atoms with E-state index in [0.29, 0.717) is 18.1 Å². The van der Waals surface area contributed by atoms with E-state index < -0.39 is 0 Å². The fraction of sp³-hybridized carbons (Fsp3) is 0.594. The van der Waals surface area contributed by atoms with E-state index in [0.717, 1.165) is 37.7 Å². The third kappa shape index (κ3) is 3.20. The smallest absolute Gasteiger partial charge is 0.163 e. The summed E-state index contributed by atoms with van der Waals surface area (Å²) in [4.78, 5) is 12.9. The average Bonchev–Trinajstić information content (AvgIpc) is 3.49. The molecule has 34 heavy (non-hydrogen) atoms. The summed E-state index contributed by atoms with van der Waals surface area (Å²) in [5.74, 6) is 1.05. The van der Waals surface area contributed by atoms with Crippen molar-refractivity contribution in [1.82, 2.24) is 0 Å². The van der Waals surface area contributed by atoms with Crippen LogP contribution in [0.25, 0.3) is 0 Å². The fourth-order valence-corrected chi connectivity index (χ4v) is 8.08. The molecule has 3 atom stereocenters. The van der Waals surface area contributed by atoms with Crippen molar-refractivity contribution in [3.8, 4) is 0 Å². The van der Waals surface area contributed by atoms with Crippen LogP contribution in [0.5, 0.6) is 0 Å². The number of ketones is 1. The number of fused-ring (bicyclic) bond motifs is 4. The van der Waals surface area contributed by atoms with E-state index in [2.05, 4.69) is 53.7 Å². The zero-order valence-electron chi connectivity index (χ0n) is 21.9. The number of aliphatic hydroxyl groups excluding tert-OH is 1. The Balaban J connectivity index is 1.40. The molecule has 0 heterocycles. The van der Waals surface area contributed by atoms with E-state index in [-0.39, 0.29) is 22.9 Å². The molecule has 4 aliphatic carbocycles. The third-order valence-corrected chi connectivity index (χ3v) is 9.25. The molecule has 0 amide bonds. The lowest BCUT2D eigenvalue weighted by Gasteiger charge is -2.29. The summed E-state index contributed by atoms with van der Waals surface area (Å²) in [6.45, 7) is 13.8. The predicted molar refractivity (Wildman–Crippen MR) is 138 cm³/mol. The fourth-order valence-electron chi connectivity index (χ4n) is 8.08. The SMILES string of the molecule is CC(C)(C)c1c2c(cc3c1C(=O)CC3)CC(C1Cc3cc4c(c(C(C)(C)C)c3C1O)CCC4)C2. The maximum Gasteiger partial charge on any atom is 0.163 e. The van der Waals surface area contributed by atoms with Crippen LogP contribution in [0.15, 0.2) is 12.1 Å². The van der Waals surface area contributed by atoms with Crippen molar-refractivity contribution in [2.45, 2.75) is 110 Å². The number of carbonyl (C=O) groups is 1. The van der Waals surface area contributed by atoms with Crippen LogP contribution in [0, 0.1) is 11.8 Å². The first-order valence-electron chi connectivity index (χ1n) is 13.5. The van der Waals surface area contributed by atoms with E-state index in [1.807, 2.05) is 0 Å². The lowest BCUT2D eigenvalue weighted by Crippen LogP contribution is -2.23. The first-order chi connectivity index (χ1) is 15.9. The summed E-state index contributed by atoms with van der Waals surface area (Å²) in [6, 6.07) is 4.81. The van der Waals surface area contributed by atoms with Gasteiger partial charge in [0, 0.05) is 12.0 Å². The molecule has 0 bridgehead atoms. The second kappa shape index (κ2) is 7.29. The van der Waals surface area contributed by atoms with E-state index in [9.17, 15) is 9.90 Å². The molecule has 1 N–H and O–H groups in total. The Morgan fingerprint density at radius 2 is 1.44 bits per heavy atom. The van der Waals surface area contributed by atoms with E-state index in [1.165, 1.54) is 62.9 Å². The minimum Gasteiger partial charge on any atom is -0.388 e. The van der Waals surface area contributed by atoms with Crippen molar-refractivity contribution in [1.29, 1.82) is 0 Å². The third-order valence-electron chi connectivity index (χ3n) is 9.25. The Morgan fingerprint density at radius 1 is 0.735 bits per heavy atom. The van der Waals surface area contributed by atoms with E-state index >= 15 is 0 Å². The van der Waals surface area contributed by atoms with Crippen molar-refractivity contribution >= 4 is 5.78 Å². The standard InChI is InChI=1S/C32H40O2/c1-31(2,3)28-22-9-7-8-17(22)12-21-16-24(30(34)27(21)28)20-14-19-13-18-10-11-25(33)26(18)29(23(19)15-20)32(4,5)6/h12-13,20,24,30,34H,7-11,14-16H2,1-6H3. The van der Waals surface area contributed by atoms with Gasteiger partial charge in [-0.25, -0.2) is 0 Å². The molecule has 2 nitrogen and oxygen atoms in total. The van der Waals surface area contributed by atoms with Gasteiger partial charge in [-0.2, -0.15) is 0 Å². The largest absolute Gasteiger partial charge is 0.388 e. The molecule has 0 saturated carbocycles. The molecule has 0 aliphatic heterocycles. The van der Waals surface area contributed by atoms with Gasteiger partial charge in [-0.05, 0) is 118 Å². The molecule has 0 radical (unpaired) electrons. The van der Waals surface area contributed by atoms with Gasteiger partial charge in [0.2, 0.25) is 0 Å². The molecule has 0 saturated heterocycles. The number of benzene rings is 2. The van der Waals surface area contributed by atoms with Crippen LogP contribution in [0.2, 0.25) is 0 Å². The van der Waals surface area contributed by atoms with Crippen LogP contribution in [0.4, 0.5) is 0 Å². The van der Waals surface area contributed by atoms with Gasteiger partial charge in [-0.1, -0.05) is 53.7 Å². The van der Waals surface area contributed by atoms with Gasteiger partial charge < -0.3 is 5.11 Å². The highest BCUT2D eigenvalue weighted by molar-refractivity contribution is 6.02. The van der Waals surface area contributed by atoms with Crippen LogP contribution < -0.4 is 0 Å². The molecule has 4 aliphatic rings. The molecule has 2 aromatic rings. The Morgan fingerprint density at radius 3 is 2.15 bits per heavy atom. The highest BCUT2D eigenvalue weighted by atomic mass is 16.3. The van der Waals surface area contributed by atoms with Gasteiger partial charge >= 0.3 is 0 Å². The number of aryl methyl sites for hydroxylation is 2. The Labute approximate surface area is 205 Å². The maximum atomic E-state index is 12.9. The lowest BCUT2D eigenvalue weighted by molar-refractivity contribution is 0.0877. The Hall–Kier alpha value is -1.93. The first-order valence-corrected chi connectivity index (χ1v) is 13.5. The van der Waals surface area contributed by atoms with E-state index in [1.54, 1.807) is 0 Å². The summed E-state index contributed by atoms with van der Waals surface area (Å²) in [5.41, 5.74) is 13.7. The van der Waals surface area contributed by atoms with Crippen LogP contribution in [0.3, 0.4) is 0 Å². The molecular formula is C32H40O2. The van der Waals surface area contributed by atoms with Crippen LogP contribution in [-0.4, -0.2) is 10.9 Å². The second-order valence-corrected chi connectivity index (χ2v) is 13.6. The first kappa shape index (κ1) is 22.5. The molecule has 180 valence electrons. The van der Waals surface area contributed by atoms with Gasteiger partial charge in [0.1, 0.15) is 0 Å².